The van der Waals surface area contributed by atoms with Crippen LogP contribution in [-0.4, -0.2) is 16.0 Å². The fraction of sp³-hybridized carbons (Fsp3) is 0.300. The zero-order chi connectivity index (χ0) is 12.1. The number of nitrogens with zero attached hydrogens (tertiary/aromatic N) is 1. The van der Waals surface area contributed by atoms with Gasteiger partial charge >= 0.3 is 5.97 Å². The van der Waals surface area contributed by atoms with Gasteiger partial charge in [0.1, 0.15) is 0 Å². The van der Waals surface area contributed by atoms with Gasteiger partial charge in [0.05, 0.1) is 9.40 Å². The molecule has 16 heavy (non-hydrogen) atoms. The van der Waals surface area contributed by atoms with Gasteiger partial charge in [0.2, 0.25) is 0 Å². The van der Waals surface area contributed by atoms with Crippen LogP contribution in [0.1, 0.15) is 18.4 Å². The second-order valence-electron chi connectivity index (χ2n) is 3.25. The normalized spacial score (nSPS) is 10.1. The molecule has 86 valence electrons. The lowest BCUT2D eigenvalue weighted by Gasteiger charge is -2.03. The standard InChI is InChI=1S/C10H10BrNO4/c11-10-7(4-2-6-9(13)14)3-1-5-8(10)12(15)16/h1,3,5H,2,4,6H2,(H,13,14). The quantitative estimate of drug-likeness (QED) is 0.667. The summed E-state index contributed by atoms with van der Waals surface area (Å²) in [5.74, 6) is -0.860. The number of hydrogen-bond donors (Lipinski definition) is 1. The van der Waals surface area contributed by atoms with E-state index in [9.17, 15) is 14.9 Å². The number of aryl methyl sites for hydroxylation is 1. The fourth-order valence-corrected chi connectivity index (χ4v) is 1.94. The van der Waals surface area contributed by atoms with Crippen LogP contribution in [0, 0.1) is 10.1 Å². The third kappa shape index (κ3) is 3.30. The Morgan fingerprint density at radius 1 is 1.50 bits per heavy atom. The largest absolute Gasteiger partial charge is 0.481 e. The van der Waals surface area contributed by atoms with Crippen molar-refractivity contribution in [3.63, 3.8) is 0 Å². The number of nitro groups is 1. The highest BCUT2D eigenvalue weighted by molar-refractivity contribution is 9.10. The SMILES string of the molecule is O=C(O)CCCc1cccc([N+](=O)[O-])c1Br. The minimum Gasteiger partial charge on any atom is -0.481 e. The van der Waals surface area contributed by atoms with Crippen LogP contribution in [0.4, 0.5) is 5.69 Å². The van der Waals surface area contributed by atoms with E-state index in [4.69, 9.17) is 5.11 Å². The first-order chi connectivity index (χ1) is 7.52. The molecule has 0 aliphatic rings. The Morgan fingerprint density at radius 2 is 2.19 bits per heavy atom. The van der Waals surface area contributed by atoms with Gasteiger partial charge in [0.25, 0.3) is 5.69 Å². The van der Waals surface area contributed by atoms with Crippen molar-refractivity contribution in [3.05, 3.63) is 38.3 Å². The monoisotopic (exact) mass is 287 g/mol. The summed E-state index contributed by atoms with van der Waals surface area (Å²) < 4.78 is 0.436. The van der Waals surface area contributed by atoms with Crippen LogP contribution in [0.2, 0.25) is 0 Å². The van der Waals surface area contributed by atoms with E-state index in [1.54, 1.807) is 12.1 Å². The van der Waals surface area contributed by atoms with Crippen LogP contribution >= 0.6 is 15.9 Å². The molecule has 0 radical (unpaired) electrons. The summed E-state index contributed by atoms with van der Waals surface area (Å²) in [5.41, 5.74) is 0.767. The zero-order valence-electron chi connectivity index (χ0n) is 8.35. The molecule has 6 heteroatoms. The number of nitro benzene ring substituents is 1. The number of hydrogen-bond acceptors (Lipinski definition) is 3. The van der Waals surface area contributed by atoms with Crippen LogP contribution in [0.25, 0.3) is 0 Å². The highest BCUT2D eigenvalue weighted by atomic mass is 79.9. The van der Waals surface area contributed by atoms with Crippen LogP contribution in [-0.2, 0) is 11.2 Å². The molecule has 0 aromatic heterocycles. The fourth-order valence-electron chi connectivity index (χ4n) is 1.33. The van der Waals surface area contributed by atoms with E-state index < -0.39 is 10.9 Å². The van der Waals surface area contributed by atoms with E-state index in [1.165, 1.54) is 6.07 Å². The Hall–Kier alpha value is -1.43. The van der Waals surface area contributed by atoms with E-state index >= 15 is 0 Å². The third-order valence-corrected chi connectivity index (χ3v) is 3.01. The van der Waals surface area contributed by atoms with Gasteiger partial charge in [-0.25, -0.2) is 0 Å². The first-order valence-corrected chi connectivity index (χ1v) is 5.45. The lowest BCUT2D eigenvalue weighted by molar-refractivity contribution is -0.385. The van der Waals surface area contributed by atoms with Crippen molar-refractivity contribution < 1.29 is 14.8 Å². The second kappa shape index (κ2) is 5.60. The number of aliphatic carboxylic acids is 1. The van der Waals surface area contributed by atoms with Gasteiger partial charge in [-0.15, -0.1) is 0 Å². The highest BCUT2D eigenvalue weighted by Crippen LogP contribution is 2.29. The summed E-state index contributed by atoms with van der Waals surface area (Å²) in [4.78, 5) is 20.5. The van der Waals surface area contributed by atoms with Crippen molar-refractivity contribution in [2.45, 2.75) is 19.3 Å². The van der Waals surface area contributed by atoms with E-state index in [2.05, 4.69) is 15.9 Å². The minimum atomic E-state index is -0.860. The molecular formula is C10H10BrNO4. The maximum atomic E-state index is 10.6. The van der Waals surface area contributed by atoms with Crippen LogP contribution in [0.15, 0.2) is 22.7 Å². The topological polar surface area (TPSA) is 80.4 Å². The molecule has 1 rings (SSSR count). The zero-order valence-corrected chi connectivity index (χ0v) is 9.94. The summed E-state index contributed by atoms with van der Waals surface area (Å²) in [6.45, 7) is 0. The number of halogens is 1. The van der Waals surface area contributed by atoms with Gasteiger partial charge in [-0.05, 0) is 34.3 Å². The van der Waals surface area contributed by atoms with Gasteiger partial charge < -0.3 is 5.11 Å². The van der Waals surface area contributed by atoms with Gasteiger partial charge in [-0.2, -0.15) is 0 Å². The molecule has 0 saturated heterocycles. The van der Waals surface area contributed by atoms with E-state index in [0.29, 0.717) is 17.3 Å². The average molecular weight is 288 g/mol. The van der Waals surface area contributed by atoms with Crippen molar-refractivity contribution in [1.82, 2.24) is 0 Å². The van der Waals surface area contributed by atoms with Gasteiger partial charge in [-0.1, -0.05) is 12.1 Å². The van der Waals surface area contributed by atoms with Crippen molar-refractivity contribution in [1.29, 1.82) is 0 Å². The summed E-state index contributed by atoms with van der Waals surface area (Å²) in [6.07, 6.45) is 1.04. The summed E-state index contributed by atoms with van der Waals surface area (Å²) in [6, 6.07) is 4.75. The molecule has 5 nitrogen and oxygen atoms in total. The lowest BCUT2D eigenvalue weighted by Crippen LogP contribution is -1.98. The predicted molar refractivity (Wildman–Crippen MR) is 61.4 cm³/mol. The molecule has 0 aliphatic heterocycles. The second-order valence-corrected chi connectivity index (χ2v) is 4.05. The molecule has 0 unspecified atom stereocenters. The molecular weight excluding hydrogens is 278 g/mol. The van der Waals surface area contributed by atoms with E-state index in [1.807, 2.05) is 0 Å². The van der Waals surface area contributed by atoms with Crippen molar-refractivity contribution >= 4 is 27.6 Å². The molecule has 0 spiro atoms. The molecule has 0 atom stereocenters. The van der Waals surface area contributed by atoms with Crippen molar-refractivity contribution in [3.8, 4) is 0 Å². The third-order valence-electron chi connectivity index (χ3n) is 2.09. The van der Waals surface area contributed by atoms with Gasteiger partial charge in [0, 0.05) is 12.5 Å². The van der Waals surface area contributed by atoms with Crippen LogP contribution < -0.4 is 0 Å². The van der Waals surface area contributed by atoms with Crippen molar-refractivity contribution in [2.75, 3.05) is 0 Å². The maximum Gasteiger partial charge on any atom is 0.303 e. The Bertz CT molecular complexity index is 419. The Balaban J connectivity index is 2.77. The van der Waals surface area contributed by atoms with Crippen LogP contribution in [0.3, 0.4) is 0 Å². The molecule has 0 amide bonds. The Kier molecular flexibility index (Phi) is 4.42. The van der Waals surface area contributed by atoms with Crippen molar-refractivity contribution in [2.24, 2.45) is 0 Å². The molecule has 0 fully saturated rings. The summed E-state index contributed by atoms with van der Waals surface area (Å²) in [5, 5.41) is 19.1. The molecule has 1 aromatic carbocycles. The molecule has 1 aromatic rings. The molecule has 0 aliphatic carbocycles. The predicted octanol–water partition coefficient (Wildman–Crippen LogP) is 2.76. The number of carboxylic acid groups (broad SMARTS) is 1. The first-order valence-electron chi connectivity index (χ1n) is 4.66. The molecule has 0 saturated carbocycles. The average Bonchev–Trinajstić information content (AvgIpc) is 2.19. The number of carbonyl (C=O) groups is 1. The first kappa shape index (κ1) is 12.6. The van der Waals surface area contributed by atoms with Gasteiger partial charge in [-0.3, -0.25) is 14.9 Å². The summed E-state index contributed by atoms with van der Waals surface area (Å²) >= 11 is 3.16. The molecule has 0 bridgehead atoms. The highest BCUT2D eigenvalue weighted by Gasteiger charge is 2.14. The van der Waals surface area contributed by atoms with E-state index in [0.717, 1.165) is 5.56 Å². The lowest BCUT2D eigenvalue weighted by atomic mass is 10.1. The Labute approximate surface area is 100 Å². The van der Waals surface area contributed by atoms with Crippen LogP contribution in [0.5, 0.6) is 0 Å². The number of carboxylic acids is 1. The van der Waals surface area contributed by atoms with Gasteiger partial charge in [0.15, 0.2) is 0 Å². The number of rotatable bonds is 5. The summed E-state index contributed by atoms with van der Waals surface area (Å²) in [7, 11) is 0. The number of benzene rings is 1. The molecule has 0 heterocycles. The minimum absolute atomic E-state index is 0.00725. The Morgan fingerprint density at radius 3 is 2.75 bits per heavy atom. The van der Waals surface area contributed by atoms with E-state index in [-0.39, 0.29) is 12.1 Å². The smallest absolute Gasteiger partial charge is 0.303 e. The maximum absolute atomic E-state index is 10.6. The molecule has 1 N–H and O–H groups in total.